The highest BCUT2D eigenvalue weighted by atomic mass is 16.5. The van der Waals surface area contributed by atoms with E-state index in [-0.39, 0.29) is 17.8 Å². The van der Waals surface area contributed by atoms with Gasteiger partial charge in [-0.1, -0.05) is 36.4 Å². The standard InChI is InChI=1S/C19H19N3O2.C15H12N2O/c1-13(23)16-5-4-6-17(21-16)14-8-9-15-12-20-22(18(15)11-14)19-7-2-3-10-24-19;1-10(18)14-3-2-4-15(17-14)11-5-6-12-8-16-9-13(12)7-11/h4-6,8-9,11-12,19H,2-3,7,10H2,1H3;2-8H,9H2,1H3. The van der Waals surface area contributed by atoms with Gasteiger partial charge in [0.2, 0.25) is 0 Å². The zero-order valence-corrected chi connectivity index (χ0v) is 23.7. The van der Waals surface area contributed by atoms with Gasteiger partial charge in [0, 0.05) is 43.2 Å². The minimum atomic E-state index is -0.0291. The van der Waals surface area contributed by atoms with Gasteiger partial charge in [0.25, 0.3) is 0 Å². The van der Waals surface area contributed by atoms with Crippen molar-refractivity contribution < 1.29 is 14.3 Å². The maximum absolute atomic E-state index is 11.6. The number of ether oxygens (including phenoxy) is 1. The molecule has 0 aliphatic carbocycles. The zero-order chi connectivity index (χ0) is 29.1. The molecule has 0 amide bonds. The van der Waals surface area contributed by atoms with Gasteiger partial charge < -0.3 is 4.74 Å². The van der Waals surface area contributed by atoms with Crippen molar-refractivity contribution in [2.24, 2.45) is 4.99 Å². The number of fused-ring (bicyclic) bond motifs is 2. The third kappa shape index (κ3) is 5.80. The van der Waals surface area contributed by atoms with E-state index in [9.17, 15) is 9.59 Å². The maximum Gasteiger partial charge on any atom is 0.178 e. The lowest BCUT2D eigenvalue weighted by Crippen LogP contribution is -2.18. The van der Waals surface area contributed by atoms with E-state index < -0.39 is 0 Å². The number of Topliss-reactive ketones (excluding diaryl/α,β-unsaturated/α-hetero) is 2. The fraction of sp³-hybridized carbons (Fsp3) is 0.235. The van der Waals surface area contributed by atoms with Gasteiger partial charge in [-0.25, -0.2) is 14.6 Å². The van der Waals surface area contributed by atoms with E-state index in [1.54, 1.807) is 12.1 Å². The quantitative estimate of drug-likeness (QED) is 0.218. The highest BCUT2D eigenvalue weighted by Crippen LogP contribution is 2.29. The number of carbonyl (C=O) groups excluding carboxylic acids is 2. The SMILES string of the molecule is CC(=O)c1cccc(-c2ccc3c(c2)CN=C3)n1.CC(=O)c1cccc(-c2ccc3cnn(C4CCCCO4)c3c2)n1. The van der Waals surface area contributed by atoms with Crippen LogP contribution < -0.4 is 0 Å². The molecule has 42 heavy (non-hydrogen) atoms. The van der Waals surface area contributed by atoms with Crippen molar-refractivity contribution in [3.8, 4) is 22.5 Å². The number of ketones is 2. The second-order valence-electron chi connectivity index (χ2n) is 10.5. The summed E-state index contributed by atoms with van der Waals surface area (Å²) in [5, 5.41) is 5.60. The molecule has 8 nitrogen and oxygen atoms in total. The molecule has 3 aromatic heterocycles. The maximum atomic E-state index is 11.6. The molecule has 8 heteroatoms. The summed E-state index contributed by atoms with van der Waals surface area (Å²) in [7, 11) is 0. The largest absolute Gasteiger partial charge is 0.356 e. The molecule has 7 rings (SSSR count). The summed E-state index contributed by atoms with van der Waals surface area (Å²) in [6.45, 7) is 4.58. The van der Waals surface area contributed by atoms with Crippen molar-refractivity contribution in [1.29, 1.82) is 0 Å². The average Bonchev–Trinajstić information content (AvgIpc) is 3.68. The number of aromatic nitrogens is 4. The Balaban J connectivity index is 0.000000157. The van der Waals surface area contributed by atoms with Gasteiger partial charge in [-0.15, -0.1) is 0 Å². The van der Waals surface area contributed by atoms with Gasteiger partial charge >= 0.3 is 0 Å². The first-order valence-electron chi connectivity index (χ1n) is 14.1. The lowest BCUT2D eigenvalue weighted by molar-refractivity contribution is -0.0366. The van der Waals surface area contributed by atoms with Crippen molar-refractivity contribution in [3.05, 3.63) is 102 Å². The molecule has 0 N–H and O–H groups in total. The molecule has 2 aliphatic rings. The van der Waals surface area contributed by atoms with Gasteiger partial charge in [-0.3, -0.25) is 14.6 Å². The zero-order valence-electron chi connectivity index (χ0n) is 23.7. The molecule has 0 saturated carbocycles. The van der Waals surface area contributed by atoms with Crippen molar-refractivity contribution in [2.75, 3.05) is 6.61 Å². The Morgan fingerprint density at radius 1 is 0.833 bits per heavy atom. The number of benzene rings is 2. The Labute approximate surface area is 244 Å². The van der Waals surface area contributed by atoms with Crippen LogP contribution >= 0.6 is 0 Å². The van der Waals surface area contributed by atoms with Crippen LogP contribution in [-0.2, 0) is 11.3 Å². The van der Waals surface area contributed by atoms with E-state index in [0.717, 1.165) is 65.8 Å². The Kier molecular flexibility index (Phi) is 7.79. The molecular formula is C34H31N5O3. The first-order valence-corrected chi connectivity index (χ1v) is 14.1. The number of hydrogen-bond acceptors (Lipinski definition) is 7. The minimum absolute atomic E-state index is 0.00279. The number of carbonyl (C=O) groups is 2. The lowest BCUT2D eigenvalue weighted by Gasteiger charge is -2.23. The summed E-state index contributed by atoms with van der Waals surface area (Å²) >= 11 is 0. The summed E-state index contributed by atoms with van der Waals surface area (Å²) in [5.41, 5.74) is 8.03. The first-order chi connectivity index (χ1) is 20.5. The van der Waals surface area contributed by atoms with Crippen LogP contribution in [0.4, 0.5) is 0 Å². The predicted molar refractivity (Wildman–Crippen MR) is 163 cm³/mol. The molecule has 1 saturated heterocycles. The van der Waals surface area contributed by atoms with Crippen LogP contribution in [0.1, 0.15) is 71.4 Å². The Bertz CT molecular complexity index is 1820. The van der Waals surface area contributed by atoms with E-state index in [4.69, 9.17) is 4.74 Å². The summed E-state index contributed by atoms with van der Waals surface area (Å²) in [4.78, 5) is 36.0. The van der Waals surface area contributed by atoms with Crippen molar-refractivity contribution in [2.45, 2.75) is 45.9 Å². The fourth-order valence-corrected chi connectivity index (χ4v) is 5.20. The van der Waals surface area contributed by atoms with Gasteiger partial charge in [0.1, 0.15) is 11.4 Å². The van der Waals surface area contributed by atoms with Gasteiger partial charge in [-0.05, 0) is 66.8 Å². The van der Waals surface area contributed by atoms with Crippen LogP contribution in [0.5, 0.6) is 0 Å². The molecule has 1 fully saturated rings. The Hall–Kier alpha value is -4.82. The average molecular weight is 558 g/mol. The molecule has 1 unspecified atom stereocenters. The van der Waals surface area contributed by atoms with Crippen LogP contribution in [0.15, 0.2) is 84.0 Å². The summed E-state index contributed by atoms with van der Waals surface area (Å²) in [6, 6.07) is 23.3. The summed E-state index contributed by atoms with van der Waals surface area (Å²) < 4.78 is 7.83. The highest BCUT2D eigenvalue weighted by Gasteiger charge is 2.19. The third-order valence-electron chi connectivity index (χ3n) is 7.47. The number of nitrogens with zero attached hydrogens (tertiary/aromatic N) is 5. The number of aliphatic imine (C=N–C) groups is 1. The molecule has 210 valence electrons. The van der Waals surface area contributed by atoms with Crippen molar-refractivity contribution >= 4 is 28.7 Å². The van der Waals surface area contributed by atoms with E-state index in [2.05, 4.69) is 32.2 Å². The molecule has 5 aromatic rings. The smallest absolute Gasteiger partial charge is 0.178 e. The summed E-state index contributed by atoms with van der Waals surface area (Å²) in [6.07, 6.45) is 7.02. The van der Waals surface area contributed by atoms with Crippen LogP contribution in [0, 0.1) is 0 Å². The first kappa shape index (κ1) is 27.4. The Morgan fingerprint density at radius 3 is 2.19 bits per heavy atom. The van der Waals surface area contributed by atoms with Crippen molar-refractivity contribution in [3.63, 3.8) is 0 Å². The van der Waals surface area contributed by atoms with Gasteiger partial charge in [0.15, 0.2) is 17.8 Å². The highest BCUT2D eigenvalue weighted by molar-refractivity contribution is 5.93. The molecule has 5 heterocycles. The van der Waals surface area contributed by atoms with E-state index >= 15 is 0 Å². The molecule has 2 aromatic carbocycles. The molecule has 0 radical (unpaired) electrons. The van der Waals surface area contributed by atoms with Gasteiger partial charge in [0.05, 0.1) is 29.6 Å². The van der Waals surface area contributed by atoms with Crippen molar-refractivity contribution in [1.82, 2.24) is 19.7 Å². The molecule has 0 bridgehead atoms. The number of rotatable bonds is 5. The topological polar surface area (TPSA) is 99.3 Å². The molecule has 0 spiro atoms. The Morgan fingerprint density at radius 2 is 1.52 bits per heavy atom. The monoisotopic (exact) mass is 557 g/mol. The van der Waals surface area contributed by atoms with Gasteiger partial charge in [-0.2, -0.15) is 5.10 Å². The second-order valence-corrected chi connectivity index (χ2v) is 10.5. The third-order valence-corrected chi connectivity index (χ3v) is 7.47. The molecule has 2 aliphatic heterocycles. The normalized spacial score (nSPS) is 15.6. The second kappa shape index (κ2) is 12.0. The number of hydrogen-bond donors (Lipinski definition) is 0. The van der Waals surface area contributed by atoms with Crippen LogP contribution in [0.25, 0.3) is 33.4 Å². The fourth-order valence-electron chi connectivity index (χ4n) is 5.20. The number of pyridine rings is 2. The summed E-state index contributed by atoms with van der Waals surface area (Å²) in [5.74, 6) is -0.0417. The lowest BCUT2D eigenvalue weighted by atomic mass is 10.0. The van der Waals surface area contributed by atoms with E-state index in [1.165, 1.54) is 25.0 Å². The minimum Gasteiger partial charge on any atom is -0.356 e. The van der Waals surface area contributed by atoms with E-state index in [1.807, 2.05) is 65.6 Å². The van der Waals surface area contributed by atoms with Crippen LogP contribution in [0.3, 0.4) is 0 Å². The molecule has 1 atom stereocenters. The predicted octanol–water partition coefficient (Wildman–Crippen LogP) is 6.88. The molecular weight excluding hydrogens is 526 g/mol. The van der Waals surface area contributed by atoms with Crippen LogP contribution in [-0.4, -0.2) is 44.1 Å². The van der Waals surface area contributed by atoms with E-state index in [0.29, 0.717) is 11.4 Å². The van der Waals surface area contributed by atoms with Crippen LogP contribution in [0.2, 0.25) is 0 Å².